The number of fused-ring (bicyclic) bond motifs is 3. The van der Waals surface area contributed by atoms with Crippen LogP contribution >= 0.6 is 7.26 Å². The molecule has 63 heavy (non-hydrogen) atoms. The van der Waals surface area contributed by atoms with Gasteiger partial charge in [0, 0.05) is 17.9 Å². The molecule has 6 atom stereocenters. The highest BCUT2D eigenvalue weighted by atomic mass is 31.2. The minimum Gasteiger partial charge on any atom is -0.508 e. The number of ketones is 2. The van der Waals surface area contributed by atoms with Crippen molar-refractivity contribution in [3.63, 3.8) is 0 Å². The normalized spacial score (nSPS) is 23.2. The van der Waals surface area contributed by atoms with E-state index in [0.717, 1.165) is 19.0 Å². The number of unbranched alkanes of at least 4 members (excludes halogenated alkanes) is 2. The van der Waals surface area contributed by atoms with Gasteiger partial charge in [0.05, 0.1) is 42.0 Å². The Labute approximate surface area is 365 Å². The number of aliphatic hydroxyl groups is 4. The number of carbonyl (C=O) groups is 5. The maximum Gasteiger partial charge on any atom is 0.255 e. The van der Waals surface area contributed by atoms with Gasteiger partial charge >= 0.3 is 0 Å². The highest BCUT2D eigenvalue weighted by Crippen LogP contribution is 2.58. The highest BCUT2D eigenvalue weighted by molar-refractivity contribution is 7.95. The Morgan fingerprint density at radius 2 is 1.35 bits per heavy atom. The number of aliphatic hydroxyl groups excluding tert-OH is 3. The van der Waals surface area contributed by atoms with Gasteiger partial charge in [0.25, 0.3) is 5.91 Å². The first-order valence-corrected chi connectivity index (χ1v) is 22.8. The van der Waals surface area contributed by atoms with E-state index in [0.29, 0.717) is 6.42 Å². The molecule has 3 amide bonds. The summed E-state index contributed by atoms with van der Waals surface area (Å²) < 4.78 is 0. The van der Waals surface area contributed by atoms with Crippen LogP contribution in [0.25, 0.3) is 5.76 Å². The SMILES string of the molecule is C[C@H]1c2ccc(NC(=O)CNC(=O)CCCCC[P+](c3ccccc3)(c3ccccc3)c3ccccc3)c(O)c2C(O)=C2C(=O)[C@]3(O)C(O)=C(C(N)=O)C(=O)[C@@H](N(C)C)[C@@H]3[C@@H](O)[C@@H]21. The van der Waals surface area contributed by atoms with Crippen molar-refractivity contribution in [3.8, 4) is 5.75 Å². The molecule has 0 aliphatic heterocycles. The number of nitrogens with zero attached hydrogens (tertiary/aromatic N) is 1. The molecule has 328 valence electrons. The molecule has 0 heterocycles. The fourth-order valence-corrected chi connectivity index (χ4v) is 14.3. The third kappa shape index (κ3) is 7.71. The Balaban J connectivity index is 1.02. The summed E-state index contributed by atoms with van der Waals surface area (Å²) in [5, 5.41) is 67.0. The summed E-state index contributed by atoms with van der Waals surface area (Å²) in [6.07, 6.45) is 1.61. The minimum absolute atomic E-state index is 0.164. The molecular weight excluding hydrogens is 824 g/mol. The Morgan fingerprint density at radius 1 is 0.794 bits per heavy atom. The van der Waals surface area contributed by atoms with E-state index >= 15 is 0 Å². The predicted molar refractivity (Wildman–Crippen MR) is 240 cm³/mol. The number of benzene rings is 4. The number of nitrogens with two attached hydrogens (primary N) is 1. The van der Waals surface area contributed by atoms with Gasteiger partial charge in [-0.1, -0.05) is 67.6 Å². The topological polar surface area (TPSA) is 240 Å². The van der Waals surface area contributed by atoms with E-state index in [9.17, 15) is 49.5 Å². The molecule has 15 heteroatoms. The zero-order valence-electron chi connectivity index (χ0n) is 35.2. The first kappa shape index (κ1) is 44.9. The van der Waals surface area contributed by atoms with Crippen molar-refractivity contribution in [1.29, 1.82) is 0 Å². The van der Waals surface area contributed by atoms with Gasteiger partial charge in [-0.15, -0.1) is 0 Å². The molecule has 3 aliphatic rings. The number of phenols is 1. The summed E-state index contributed by atoms with van der Waals surface area (Å²) in [7, 11) is 0.858. The number of hydrogen-bond donors (Lipinski definition) is 8. The molecule has 0 radical (unpaired) electrons. The van der Waals surface area contributed by atoms with Crippen LogP contribution in [-0.4, -0.2) is 104 Å². The van der Waals surface area contributed by atoms with Gasteiger partial charge in [0.1, 0.15) is 46.0 Å². The van der Waals surface area contributed by atoms with Crippen LogP contribution < -0.4 is 32.3 Å². The Hall–Kier alpha value is -6.18. The van der Waals surface area contributed by atoms with Crippen molar-refractivity contribution in [2.45, 2.75) is 56.3 Å². The molecule has 1 fully saturated rings. The summed E-state index contributed by atoms with van der Waals surface area (Å²) in [5.41, 5.74) is 0.618. The lowest BCUT2D eigenvalue weighted by molar-refractivity contribution is -0.169. The maximum absolute atomic E-state index is 14.3. The van der Waals surface area contributed by atoms with Gasteiger partial charge in [-0.2, -0.15) is 0 Å². The third-order valence-corrected chi connectivity index (χ3v) is 17.4. The molecule has 1 saturated carbocycles. The van der Waals surface area contributed by atoms with E-state index < -0.39 is 101 Å². The molecule has 0 unspecified atom stereocenters. The average molecular weight is 876 g/mol. The average Bonchev–Trinajstić information content (AvgIpc) is 3.27. The van der Waals surface area contributed by atoms with Crippen molar-refractivity contribution in [2.24, 2.45) is 17.6 Å². The monoisotopic (exact) mass is 875 g/mol. The van der Waals surface area contributed by atoms with Crippen LogP contribution in [0, 0.1) is 11.8 Å². The lowest BCUT2D eigenvalue weighted by Crippen LogP contribution is -2.70. The Bertz CT molecular complexity index is 2420. The number of Topliss-reactive ketones (excluding diaryl/α,β-unsaturated/α-hetero) is 2. The lowest BCUT2D eigenvalue weighted by Gasteiger charge is -2.53. The second-order valence-corrected chi connectivity index (χ2v) is 20.3. The smallest absolute Gasteiger partial charge is 0.255 e. The number of aromatic hydroxyl groups is 1. The molecule has 7 rings (SSSR count). The van der Waals surface area contributed by atoms with Crippen LogP contribution in [0.1, 0.15) is 49.7 Å². The van der Waals surface area contributed by atoms with E-state index in [1.807, 2.05) is 18.2 Å². The van der Waals surface area contributed by atoms with Gasteiger partial charge in [-0.25, -0.2) is 0 Å². The standard InChI is InChI=1S/C48H51N4O10P/c1-27-31-23-24-32(41(55)36(31)42(56)37-35(27)43(57)39-40(52(2)3)44(58)38(47(49)61)46(60)48(39,62)45(37)59)51-34(54)26-50-33(53)22-14-7-15-25-63(28-16-8-4-9-17-28,29-18-10-5-11-19-29)30-20-12-6-13-21-30/h4-6,8-13,16-21,23-24,27,35,39-40,43,57,62H,7,14-15,22,25-26H2,1-3H3,(H6-,49,50,51,53,54,55,56,58,59,60,61)/p+1/t27-,35+,39+,40-,43-,48-/m0/s1. The number of hydrogen-bond acceptors (Lipinski definition) is 11. The summed E-state index contributed by atoms with van der Waals surface area (Å²) in [4.78, 5) is 67.3. The lowest BCUT2D eigenvalue weighted by atomic mass is 9.54. The molecule has 3 aliphatic carbocycles. The number of amides is 3. The number of phenolic OH excluding ortho intramolecular Hbond substituents is 1. The van der Waals surface area contributed by atoms with Crippen LogP contribution in [0.15, 0.2) is 120 Å². The van der Waals surface area contributed by atoms with E-state index in [2.05, 4.69) is 83.4 Å². The van der Waals surface area contributed by atoms with Gasteiger partial charge in [0.2, 0.25) is 17.6 Å². The zero-order chi connectivity index (χ0) is 45.4. The second-order valence-electron chi connectivity index (χ2n) is 16.7. The Kier molecular flexibility index (Phi) is 12.7. The molecule has 4 aromatic carbocycles. The maximum atomic E-state index is 14.3. The number of rotatable bonds is 14. The van der Waals surface area contributed by atoms with Crippen LogP contribution in [0.5, 0.6) is 5.75 Å². The molecule has 9 N–H and O–H groups in total. The predicted octanol–water partition coefficient (Wildman–Crippen LogP) is 3.11. The fraction of sp³-hybridized carbons (Fsp3) is 0.312. The summed E-state index contributed by atoms with van der Waals surface area (Å²) >= 11 is 0. The van der Waals surface area contributed by atoms with E-state index in [1.165, 1.54) is 47.0 Å². The van der Waals surface area contributed by atoms with Crippen LogP contribution in [-0.2, 0) is 24.0 Å². The van der Waals surface area contributed by atoms with Crippen molar-refractivity contribution in [3.05, 3.63) is 131 Å². The molecule has 0 bridgehead atoms. The molecule has 0 aromatic heterocycles. The minimum atomic E-state index is -3.05. The van der Waals surface area contributed by atoms with E-state index in [4.69, 9.17) is 5.73 Å². The number of primary amides is 1. The molecule has 4 aromatic rings. The van der Waals surface area contributed by atoms with Crippen molar-refractivity contribution >= 4 is 63.9 Å². The van der Waals surface area contributed by atoms with Gasteiger partial charge in [-0.05, 0) is 87.3 Å². The van der Waals surface area contributed by atoms with E-state index in [1.54, 1.807) is 6.92 Å². The quantitative estimate of drug-likeness (QED) is 0.0397. The summed E-state index contributed by atoms with van der Waals surface area (Å²) in [6.45, 7) is 1.18. The third-order valence-electron chi connectivity index (χ3n) is 12.8. The Morgan fingerprint density at radius 3 is 1.87 bits per heavy atom. The van der Waals surface area contributed by atoms with Crippen LogP contribution in [0.4, 0.5) is 5.69 Å². The zero-order valence-corrected chi connectivity index (χ0v) is 36.1. The van der Waals surface area contributed by atoms with Crippen LogP contribution in [0.2, 0.25) is 0 Å². The largest absolute Gasteiger partial charge is 0.508 e. The molecule has 0 saturated heterocycles. The first-order valence-electron chi connectivity index (χ1n) is 20.9. The molecule has 0 spiro atoms. The van der Waals surface area contributed by atoms with Crippen molar-refractivity contribution in [2.75, 3.05) is 32.1 Å². The highest BCUT2D eigenvalue weighted by Gasteiger charge is 2.68. The number of anilines is 1. The van der Waals surface area contributed by atoms with Gasteiger partial charge < -0.3 is 41.9 Å². The van der Waals surface area contributed by atoms with Crippen molar-refractivity contribution < 1.29 is 49.5 Å². The molecule has 14 nitrogen and oxygen atoms in total. The van der Waals surface area contributed by atoms with Gasteiger partial charge in [0.15, 0.2) is 11.4 Å². The molecular formula is C48H52N4O10P+. The number of carbonyl (C=O) groups excluding carboxylic acids is 5. The summed E-state index contributed by atoms with van der Waals surface area (Å²) in [6, 6.07) is 33.1. The summed E-state index contributed by atoms with van der Waals surface area (Å²) in [5.74, 6) is -11.3. The fourth-order valence-electron chi connectivity index (χ4n) is 9.87. The van der Waals surface area contributed by atoms with E-state index in [-0.39, 0.29) is 29.1 Å². The number of nitrogens with one attached hydrogen (secondary N) is 2. The number of likely N-dealkylation sites (N-methyl/N-ethyl adjacent to an activating group) is 1. The van der Waals surface area contributed by atoms with Crippen LogP contribution in [0.3, 0.4) is 0 Å². The van der Waals surface area contributed by atoms with Gasteiger partial charge in [-0.3, -0.25) is 28.9 Å². The first-order chi connectivity index (χ1) is 30.1. The second kappa shape index (κ2) is 17.9. The van der Waals surface area contributed by atoms with Crippen molar-refractivity contribution in [1.82, 2.24) is 10.2 Å².